The van der Waals surface area contributed by atoms with Gasteiger partial charge >= 0.3 is 59.1 Å². The Morgan fingerprint density at radius 2 is 0.926 bits per heavy atom. The summed E-state index contributed by atoms with van der Waals surface area (Å²) in [4.78, 5) is 0. The van der Waals surface area contributed by atoms with E-state index in [1.165, 1.54) is 62.5 Å². The molecule has 0 amide bonds. The third kappa shape index (κ3) is 17.0. The Bertz CT molecular complexity index is 465. The van der Waals surface area contributed by atoms with Gasteiger partial charge in [-0.25, -0.2) is 0 Å². The molecule has 2 aromatic rings. The summed E-state index contributed by atoms with van der Waals surface area (Å²) in [6, 6.07) is 20.8. The SMILES string of the molecule is CCCCCCOCCCCCC.[H-].[H-].[Na+].[Na+].c1ccc(-c2ccccc2)cc1. The van der Waals surface area contributed by atoms with E-state index in [0.29, 0.717) is 0 Å². The average Bonchev–Trinajstić information content (AvgIpc) is 2.69. The van der Waals surface area contributed by atoms with Gasteiger partial charge in [-0.05, 0) is 24.0 Å². The van der Waals surface area contributed by atoms with E-state index in [0.717, 1.165) is 13.2 Å². The van der Waals surface area contributed by atoms with Crippen LogP contribution in [0.2, 0.25) is 0 Å². The number of hydrogen-bond acceptors (Lipinski definition) is 1. The number of benzene rings is 2. The Morgan fingerprint density at radius 1 is 0.556 bits per heavy atom. The van der Waals surface area contributed by atoms with E-state index >= 15 is 0 Å². The third-order valence-electron chi connectivity index (χ3n) is 4.17. The van der Waals surface area contributed by atoms with Crippen molar-refractivity contribution in [3.05, 3.63) is 60.7 Å². The van der Waals surface area contributed by atoms with Crippen molar-refractivity contribution in [1.82, 2.24) is 0 Å². The van der Waals surface area contributed by atoms with Crippen LogP contribution in [0.25, 0.3) is 11.1 Å². The van der Waals surface area contributed by atoms with Gasteiger partial charge in [-0.1, -0.05) is 113 Å². The maximum absolute atomic E-state index is 5.53. The molecule has 0 unspecified atom stereocenters. The summed E-state index contributed by atoms with van der Waals surface area (Å²) in [5.41, 5.74) is 2.55. The zero-order chi connectivity index (χ0) is 18.0. The third-order valence-corrected chi connectivity index (χ3v) is 4.17. The molecule has 0 aliphatic heterocycles. The predicted molar refractivity (Wildman–Crippen MR) is 113 cm³/mol. The van der Waals surface area contributed by atoms with E-state index in [9.17, 15) is 0 Å². The first-order valence-electron chi connectivity index (χ1n) is 10.1. The molecule has 0 N–H and O–H groups in total. The number of unbranched alkanes of at least 4 members (excludes halogenated alkanes) is 6. The van der Waals surface area contributed by atoms with Gasteiger partial charge in [-0.15, -0.1) is 0 Å². The van der Waals surface area contributed by atoms with Crippen LogP contribution in [0.15, 0.2) is 60.7 Å². The van der Waals surface area contributed by atoms with Gasteiger partial charge in [-0.3, -0.25) is 0 Å². The van der Waals surface area contributed by atoms with Gasteiger partial charge in [0.15, 0.2) is 0 Å². The summed E-state index contributed by atoms with van der Waals surface area (Å²) in [6.07, 6.45) is 10.5. The molecule has 3 heteroatoms. The van der Waals surface area contributed by atoms with E-state index in [4.69, 9.17) is 4.74 Å². The second-order valence-corrected chi connectivity index (χ2v) is 6.47. The number of ether oxygens (including phenoxy) is 1. The molecule has 2 rings (SSSR count). The van der Waals surface area contributed by atoms with Gasteiger partial charge in [0.05, 0.1) is 0 Å². The molecule has 0 heterocycles. The van der Waals surface area contributed by atoms with Gasteiger partial charge in [0.1, 0.15) is 0 Å². The molecular formula is C24H38Na2O. The average molecular weight is 389 g/mol. The van der Waals surface area contributed by atoms with Crippen molar-refractivity contribution >= 4 is 0 Å². The van der Waals surface area contributed by atoms with Crippen molar-refractivity contribution in [2.24, 2.45) is 0 Å². The standard InChI is InChI=1S/C12H26O.C12H10.2Na.2H/c1-3-5-7-9-11-13-12-10-8-6-4-2;1-3-7-11(8-4-1)12-9-5-2-6-10-12;;;;/h3-12H2,1-2H3;1-10H;;;;/q;;2*+1;2*-1. The fraction of sp³-hybridized carbons (Fsp3) is 0.500. The summed E-state index contributed by atoms with van der Waals surface area (Å²) < 4.78 is 5.53. The van der Waals surface area contributed by atoms with Crippen LogP contribution in [0.1, 0.15) is 68.1 Å². The summed E-state index contributed by atoms with van der Waals surface area (Å²) in [5.74, 6) is 0. The molecule has 0 fully saturated rings. The Kier molecular flexibility index (Phi) is 24.9. The maximum Gasteiger partial charge on any atom is 1.00 e. The van der Waals surface area contributed by atoms with Gasteiger partial charge < -0.3 is 7.59 Å². The summed E-state index contributed by atoms with van der Waals surface area (Å²) in [6.45, 7) is 6.44. The quantitative estimate of drug-likeness (QED) is 0.421. The minimum Gasteiger partial charge on any atom is -1.00 e. The van der Waals surface area contributed by atoms with Crippen LogP contribution in [0.5, 0.6) is 0 Å². The van der Waals surface area contributed by atoms with Crippen molar-refractivity contribution < 1.29 is 66.7 Å². The molecule has 0 aliphatic rings. The van der Waals surface area contributed by atoms with Gasteiger partial charge in [0.2, 0.25) is 0 Å². The minimum absolute atomic E-state index is 0. The van der Waals surface area contributed by atoms with Gasteiger partial charge in [0.25, 0.3) is 0 Å². The number of rotatable bonds is 11. The van der Waals surface area contributed by atoms with Crippen LogP contribution in [-0.4, -0.2) is 13.2 Å². The zero-order valence-corrected chi connectivity index (χ0v) is 22.3. The summed E-state index contributed by atoms with van der Waals surface area (Å²) in [5, 5.41) is 0. The van der Waals surface area contributed by atoms with Crippen molar-refractivity contribution in [2.45, 2.75) is 65.2 Å². The second kappa shape index (κ2) is 22.7. The smallest absolute Gasteiger partial charge is 1.00 e. The fourth-order valence-corrected chi connectivity index (χ4v) is 2.63. The van der Waals surface area contributed by atoms with Crippen LogP contribution in [-0.2, 0) is 4.74 Å². The van der Waals surface area contributed by atoms with Gasteiger partial charge in [-0.2, -0.15) is 0 Å². The van der Waals surface area contributed by atoms with E-state index in [1.807, 2.05) is 12.1 Å². The van der Waals surface area contributed by atoms with E-state index in [2.05, 4.69) is 62.4 Å². The van der Waals surface area contributed by atoms with Crippen LogP contribution >= 0.6 is 0 Å². The van der Waals surface area contributed by atoms with Crippen molar-refractivity contribution in [3.8, 4) is 11.1 Å². The molecular weight excluding hydrogens is 350 g/mol. The molecule has 27 heavy (non-hydrogen) atoms. The Morgan fingerprint density at radius 3 is 1.26 bits per heavy atom. The molecule has 2 aromatic carbocycles. The summed E-state index contributed by atoms with van der Waals surface area (Å²) >= 11 is 0. The molecule has 0 aliphatic carbocycles. The molecule has 142 valence electrons. The van der Waals surface area contributed by atoms with Crippen LogP contribution in [0, 0.1) is 0 Å². The Labute approximate surface area is 215 Å². The predicted octanol–water partition coefficient (Wildman–Crippen LogP) is 1.75. The number of hydrogen-bond donors (Lipinski definition) is 0. The Hall–Kier alpha value is 0.400. The maximum atomic E-state index is 5.53. The molecule has 0 bridgehead atoms. The molecule has 0 atom stereocenters. The topological polar surface area (TPSA) is 9.23 Å². The molecule has 0 spiro atoms. The fourth-order valence-electron chi connectivity index (χ4n) is 2.63. The first-order valence-corrected chi connectivity index (χ1v) is 10.1. The molecule has 0 saturated carbocycles. The van der Waals surface area contributed by atoms with E-state index in [1.54, 1.807) is 0 Å². The van der Waals surface area contributed by atoms with E-state index in [-0.39, 0.29) is 62.0 Å². The molecule has 0 aromatic heterocycles. The van der Waals surface area contributed by atoms with Crippen molar-refractivity contribution in [2.75, 3.05) is 13.2 Å². The molecule has 1 nitrogen and oxygen atoms in total. The molecule has 0 saturated heterocycles. The van der Waals surface area contributed by atoms with Crippen LogP contribution < -0.4 is 59.1 Å². The zero-order valence-electron chi connectivity index (χ0n) is 20.3. The van der Waals surface area contributed by atoms with Gasteiger partial charge in [0, 0.05) is 13.2 Å². The minimum atomic E-state index is 0. The van der Waals surface area contributed by atoms with Crippen molar-refractivity contribution in [1.29, 1.82) is 0 Å². The van der Waals surface area contributed by atoms with Crippen LogP contribution in [0.4, 0.5) is 0 Å². The second-order valence-electron chi connectivity index (χ2n) is 6.47. The van der Waals surface area contributed by atoms with Crippen LogP contribution in [0.3, 0.4) is 0 Å². The van der Waals surface area contributed by atoms with E-state index < -0.39 is 0 Å². The molecule has 0 radical (unpaired) electrons. The van der Waals surface area contributed by atoms with Crippen molar-refractivity contribution in [3.63, 3.8) is 0 Å². The summed E-state index contributed by atoms with van der Waals surface area (Å²) in [7, 11) is 0. The largest absolute Gasteiger partial charge is 1.00 e. The first-order chi connectivity index (χ1) is 12.4. The normalized spacial score (nSPS) is 9.41. The first kappa shape index (κ1) is 29.6. The monoisotopic (exact) mass is 388 g/mol. The Balaban J connectivity index is -0.000000189.